The molecule has 0 amide bonds. The van der Waals surface area contributed by atoms with Crippen LogP contribution in [0.25, 0.3) is 0 Å². The van der Waals surface area contributed by atoms with Gasteiger partial charge in [0.05, 0.1) is 6.26 Å². The molecular weight excluding hydrogens is 288 g/mol. The van der Waals surface area contributed by atoms with Crippen LogP contribution in [-0.4, -0.2) is 51.3 Å². The molecule has 21 heavy (non-hydrogen) atoms. The Labute approximate surface area is 127 Å². The van der Waals surface area contributed by atoms with Crippen molar-refractivity contribution in [1.29, 1.82) is 0 Å². The fourth-order valence-electron chi connectivity index (χ4n) is 2.57. The van der Waals surface area contributed by atoms with E-state index in [1.807, 2.05) is 25.1 Å². The third-order valence-corrected chi connectivity index (χ3v) is 5.05. The highest BCUT2D eigenvalue weighted by Gasteiger charge is 2.21. The zero-order chi connectivity index (χ0) is 15.3. The molecule has 2 rings (SSSR count). The molecule has 0 aliphatic carbocycles. The van der Waals surface area contributed by atoms with E-state index in [9.17, 15) is 8.42 Å². The highest BCUT2D eigenvalue weighted by atomic mass is 32.2. The summed E-state index contributed by atoms with van der Waals surface area (Å²) in [5, 5.41) is 3.35. The summed E-state index contributed by atoms with van der Waals surface area (Å²) < 4.78 is 30.2. The molecule has 6 heteroatoms. The van der Waals surface area contributed by atoms with E-state index in [1.54, 1.807) is 0 Å². The van der Waals surface area contributed by atoms with Crippen molar-refractivity contribution >= 4 is 10.0 Å². The zero-order valence-electron chi connectivity index (χ0n) is 12.7. The van der Waals surface area contributed by atoms with Gasteiger partial charge in [-0.05, 0) is 24.6 Å². The number of fused-ring (bicyclic) bond motifs is 1. The molecule has 5 nitrogen and oxygen atoms in total. The van der Waals surface area contributed by atoms with Crippen LogP contribution in [0.3, 0.4) is 0 Å². The largest absolute Gasteiger partial charge is 0.488 e. The smallest absolute Gasteiger partial charge is 0.211 e. The van der Waals surface area contributed by atoms with Gasteiger partial charge in [0.25, 0.3) is 0 Å². The van der Waals surface area contributed by atoms with E-state index in [4.69, 9.17) is 4.74 Å². The second kappa shape index (κ2) is 7.24. The number of para-hydroxylation sites is 1. The Hall–Kier alpha value is -1.11. The summed E-state index contributed by atoms with van der Waals surface area (Å²) in [7, 11) is -3.07. The van der Waals surface area contributed by atoms with Gasteiger partial charge in [-0.25, -0.2) is 12.7 Å². The average Bonchev–Trinajstić information content (AvgIpc) is 2.84. The van der Waals surface area contributed by atoms with Gasteiger partial charge >= 0.3 is 0 Å². The molecule has 1 atom stereocenters. The molecule has 0 spiro atoms. The second-order valence-electron chi connectivity index (χ2n) is 5.36. The van der Waals surface area contributed by atoms with Crippen LogP contribution >= 0.6 is 0 Å². The molecule has 1 N–H and O–H groups in total. The maximum absolute atomic E-state index is 11.4. The summed E-state index contributed by atoms with van der Waals surface area (Å²) in [5.41, 5.74) is 1.26. The van der Waals surface area contributed by atoms with E-state index in [-0.39, 0.29) is 6.10 Å². The van der Waals surface area contributed by atoms with Gasteiger partial charge in [-0.2, -0.15) is 0 Å². The van der Waals surface area contributed by atoms with Gasteiger partial charge in [-0.15, -0.1) is 0 Å². The molecule has 1 aromatic carbocycles. The standard InChI is InChI=1S/C15H24N2O3S/c1-3-17(21(2,18)19)10-6-9-16-12-14-11-13-7-4-5-8-15(13)20-14/h4-5,7-8,14,16H,3,6,9-12H2,1-2H3. The lowest BCUT2D eigenvalue weighted by Crippen LogP contribution is -2.34. The predicted molar refractivity (Wildman–Crippen MR) is 84.1 cm³/mol. The van der Waals surface area contributed by atoms with E-state index in [1.165, 1.54) is 16.1 Å². The topological polar surface area (TPSA) is 58.6 Å². The fourth-order valence-corrected chi connectivity index (χ4v) is 3.50. The number of rotatable bonds is 8. The fraction of sp³-hybridized carbons (Fsp3) is 0.600. The Bertz CT molecular complexity index is 535. The van der Waals surface area contributed by atoms with Crippen LogP contribution < -0.4 is 10.1 Å². The van der Waals surface area contributed by atoms with Crippen molar-refractivity contribution in [2.24, 2.45) is 0 Å². The van der Waals surface area contributed by atoms with Gasteiger partial charge in [-0.3, -0.25) is 0 Å². The summed E-state index contributed by atoms with van der Waals surface area (Å²) in [6, 6.07) is 8.11. The van der Waals surface area contributed by atoms with Crippen LogP contribution in [0.1, 0.15) is 18.9 Å². The lowest BCUT2D eigenvalue weighted by atomic mass is 10.1. The van der Waals surface area contributed by atoms with E-state index in [0.717, 1.165) is 31.7 Å². The molecule has 118 valence electrons. The summed E-state index contributed by atoms with van der Waals surface area (Å²) in [5.74, 6) is 0.985. The molecule has 1 aliphatic rings. The van der Waals surface area contributed by atoms with Gasteiger partial charge in [0, 0.05) is 26.1 Å². The van der Waals surface area contributed by atoms with Gasteiger partial charge in [0.1, 0.15) is 11.9 Å². The molecule has 1 heterocycles. The SMILES string of the molecule is CCN(CCCNCC1Cc2ccccc2O1)S(C)(=O)=O. The summed E-state index contributed by atoms with van der Waals surface area (Å²) >= 11 is 0. The number of hydrogen-bond acceptors (Lipinski definition) is 4. The van der Waals surface area contributed by atoms with E-state index in [0.29, 0.717) is 13.1 Å². The Morgan fingerprint density at radius 1 is 1.38 bits per heavy atom. The minimum absolute atomic E-state index is 0.180. The third kappa shape index (κ3) is 4.69. The van der Waals surface area contributed by atoms with Crippen molar-refractivity contribution in [3.8, 4) is 5.75 Å². The lowest BCUT2D eigenvalue weighted by molar-refractivity contribution is 0.227. The van der Waals surface area contributed by atoms with Crippen molar-refractivity contribution in [3.63, 3.8) is 0 Å². The highest BCUT2D eigenvalue weighted by molar-refractivity contribution is 7.88. The molecule has 1 aliphatic heterocycles. The van der Waals surface area contributed by atoms with Gasteiger partial charge in [-0.1, -0.05) is 25.1 Å². The summed E-state index contributed by atoms with van der Waals surface area (Å²) in [6.07, 6.45) is 3.18. The van der Waals surface area contributed by atoms with Crippen LogP contribution in [0.2, 0.25) is 0 Å². The van der Waals surface area contributed by atoms with E-state index < -0.39 is 10.0 Å². The zero-order valence-corrected chi connectivity index (χ0v) is 13.5. The molecule has 0 saturated heterocycles. The number of nitrogens with one attached hydrogen (secondary N) is 1. The Morgan fingerprint density at radius 2 is 2.14 bits per heavy atom. The maximum atomic E-state index is 11.4. The molecule has 1 unspecified atom stereocenters. The average molecular weight is 312 g/mol. The molecule has 0 aromatic heterocycles. The molecule has 0 radical (unpaired) electrons. The minimum atomic E-state index is -3.07. The van der Waals surface area contributed by atoms with Gasteiger partial charge < -0.3 is 10.1 Å². The van der Waals surface area contributed by atoms with Crippen LogP contribution in [0.15, 0.2) is 24.3 Å². The molecule has 0 bridgehead atoms. The van der Waals surface area contributed by atoms with E-state index >= 15 is 0 Å². The van der Waals surface area contributed by atoms with Crippen LogP contribution in [0, 0.1) is 0 Å². The first-order valence-corrected chi connectivity index (χ1v) is 9.26. The van der Waals surface area contributed by atoms with E-state index in [2.05, 4.69) is 11.4 Å². The monoisotopic (exact) mass is 312 g/mol. The first-order valence-electron chi connectivity index (χ1n) is 7.41. The van der Waals surface area contributed by atoms with Crippen molar-refractivity contribution in [2.45, 2.75) is 25.9 Å². The normalized spacial score (nSPS) is 17.8. The second-order valence-corrected chi connectivity index (χ2v) is 7.35. The summed E-state index contributed by atoms with van der Waals surface area (Å²) in [6.45, 7) is 4.54. The van der Waals surface area contributed by atoms with Crippen LogP contribution in [-0.2, 0) is 16.4 Å². The first kappa shape index (κ1) is 16.3. The molecule has 1 aromatic rings. The summed E-state index contributed by atoms with van der Waals surface area (Å²) in [4.78, 5) is 0. The number of sulfonamides is 1. The van der Waals surface area contributed by atoms with Crippen molar-refractivity contribution in [3.05, 3.63) is 29.8 Å². The van der Waals surface area contributed by atoms with Gasteiger partial charge in [0.15, 0.2) is 0 Å². The quantitative estimate of drug-likeness (QED) is 0.734. The Kier molecular flexibility index (Phi) is 5.61. The first-order chi connectivity index (χ1) is 10.0. The molecule has 0 saturated carbocycles. The third-order valence-electron chi connectivity index (χ3n) is 3.67. The molecule has 0 fully saturated rings. The highest BCUT2D eigenvalue weighted by Crippen LogP contribution is 2.27. The molecular formula is C15H24N2O3S. The van der Waals surface area contributed by atoms with Crippen molar-refractivity contribution in [1.82, 2.24) is 9.62 Å². The Balaban J connectivity index is 1.63. The number of benzene rings is 1. The lowest BCUT2D eigenvalue weighted by Gasteiger charge is -2.18. The number of nitrogens with zero attached hydrogens (tertiary/aromatic N) is 1. The predicted octanol–water partition coefficient (Wildman–Crippen LogP) is 1.25. The van der Waals surface area contributed by atoms with Gasteiger partial charge in [0.2, 0.25) is 10.0 Å². The van der Waals surface area contributed by atoms with Crippen LogP contribution in [0.4, 0.5) is 0 Å². The number of hydrogen-bond donors (Lipinski definition) is 1. The maximum Gasteiger partial charge on any atom is 0.211 e. The van der Waals surface area contributed by atoms with Crippen molar-refractivity contribution in [2.75, 3.05) is 32.4 Å². The van der Waals surface area contributed by atoms with Crippen LogP contribution in [0.5, 0.6) is 5.75 Å². The van der Waals surface area contributed by atoms with Crippen molar-refractivity contribution < 1.29 is 13.2 Å². The minimum Gasteiger partial charge on any atom is -0.488 e. The Morgan fingerprint density at radius 3 is 2.81 bits per heavy atom. The number of ether oxygens (including phenoxy) is 1.